The highest BCUT2D eigenvalue weighted by Crippen LogP contribution is 2.22. The third kappa shape index (κ3) is 2.98. The van der Waals surface area contributed by atoms with E-state index < -0.39 is 33.0 Å². The molecule has 0 aromatic carbocycles. The van der Waals surface area contributed by atoms with Crippen LogP contribution in [0.5, 0.6) is 0 Å². The predicted molar refractivity (Wildman–Crippen MR) is 73.0 cm³/mol. The van der Waals surface area contributed by atoms with Crippen molar-refractivity contribution in [1.29, 1.82) is 0 Å². The van der Waals surface area contributed by atoms with Crippen LogP contribution >= 0.6 is 0 Å². The maximum Gasteiger partial charge on any atom is 0.328 e. The lowest BCUT2D eigenvalue weighted by Gasteiger charge is -2.32. The summed E-state index contributed by atoms with van der Waals surface area (Å²) < 4.78 is 35.6. The number of carbonyl (C=O) groups is 2. The van der Waals surface area contributed by atoms with Crippen LogP contribution < -0.4 is 4.72 Å². The molecule has 2 N–H and O–H groups in total. The first-order valence-corrected chi connectivity index (χ1v) is 7.91. The Hall–Kier alpha value is -1.91. The molecule has 2 heterocycles. The van der Waals surface area contributed by atoms with Crippen LogP contribution in [0.4, 0.5) is 0 Å². The first-order chi connectivity index (χ1) is 10.3. The van der Waals surface area contributed by atoms with Gasteiger partial charge in [-0.05, 0) is 14.0 Å². The van der Waals surface area contributed by atoms with Crippen molar-refractivity contribution in [2.45, 2.75) is 18.1 Å². The second kappa shape index (κ2) is 6.07. The zero-order chi connectivity index (χ0) is 16.5. The molecule has 22 heavy (non-hydrogen) atoms. The third-order valence-corrected chi connectivity index (χ3v) is 4.60. The number of carboxylic acid groups (broad SMARTS) is 1. The first kappa shape index (κ1) is 16.5. The van der Waals surface area contributed by atoms with Gasteiger partial charge in [0, 0.05) is 12.6 Å². The first-order valence-electron chi connectivity index (χ1n) is 6.43. The Bertz CT molecular complexity index is 694. The number of ether oxygens (including phenoxy) is 1. The van der Waals surface area contributed by atoms with Crippen molar-refractivity contribution in [3.63, 3.8) is 0 Å². The summed E-state index contributed by atoms with van der Waals surface area (Å²) in [6.07, 6.45) is 0. The molecular formula is C12H16N2O7S. The third-order valence-electron chi connectivity index (χ3n) is 3.33. The van der Waals surface area contributed by atoms with E-state index in [0.29, 0.717) is 0 Å². The van der Waals surface area contributed by atoms with Gasteiger partial charge in [0.15, 0.2) is 6.04 Å². The van der Waals surface area contributed by atoms with Gasteiger partial charge in [-0.3, -0.25) is 4.79 Å². The second-order valence-corrected chi connectivity index (χ2v) is 6.49. The maximum atomic E-state index is 12.5. The van der Waals surface area contributed by atoms with Gasteiger partial charge in [-0.2, -0.15) is 0 Å². The summed E-state index contributed by atoms with van der Waals surface area (Å²) in [6.45, 7) is 1.65. The SMILES string of the molecule is CNS(=O)(=O)c1cc(C(=O)N2CCOCC2C(=O)O)c(C)o1. The molecule has 1 amide bonds. The van der Waals surface area contributed by atoms with Crippen LogP contribution in [0, 0.1) is 6.92 Å². The molecule has 1 aliphatic rings. The fourth-order valence-electron chi connectivity index (χ4n) is 2.11. The van der Waals surface area contributed by atoms with Crippen molar-refractivity contribution in [2.24, 2.45) is 0 Å². The van der Waals surface area contributed by atoms with Crippen molar-refractivity contribution in [2.75, 3.05) is 26.8 Å². The van der Waals surface area contributed by atoms with Crippen molar-refractivity contribution < 1.29 is 32.3 Å². The van der Waals surface area contributed by atoms with E-state index in [1.165, 1.54) is 14.0 Å². The lowest BCUT2D eigenvalue weighted by atomic mass is 10.1. The number of carboxylic acids is 1. The van der Waals surface area contributed by atoms with E-state index in [-0.39, 0.29) is 31.1 Å². The summed E-state index contributed by atoms with van der Waals surface area (Å²) in [5.41, 5.74) is 0.0157. The quantitative estimate of drug-likeness (QED) is 0.755. The number of aliphatic carboxylic acids is 1. The molecule has 2 rings (SSSR count). The van der Waals surface area contributed by atoms with E-state index in [0.717, 1.165) is 11.0 Å². The van der Waals surface area contributed by atoms with E-state index in [4.69, 9.17) is 14.3 Å². The fraction of sp³-hybridized carbons (Fsp3) is 0.500. The Morgan fingerprint density at radius 3 is 2.73 bits per heavy atom. The standard InChI is InChI=1S/C12H16N2O7S/c1-7-8(5-10(21-7)22(18,19)13-2)11(15)14-3-4-20-6-9(14)12(16)17/h5,9,13H,3-4,6H2,1-2H3,(H,16,17). The summed E-state index contributed by atoms with van der Waals surface area (Å²) in [5.74, 6) is -1.68. The molecule has 0 bridgehead atoms. The normalized spacial score (nSPS) is 19.2. The molecule has 0 radical (unpaired) electrons. The Balaban J connectivity index is 2.35. The number of hydrogen-bond donors (Lipinski definition) is 2. The average Bonchev–Trinajstić information content (AvgIpc) is 2.89. The van der Waals surface area contributed by atoms with Gasteiger partial charge >= 0.3 is 5.97 Å². The van der Waals surface area contributed by atoms with Crippen LogP contribution in [0.1, 0.15) is 16.1 Å². The number of aryl methyl sites for hydroxylation is 1. The number of amides is 1. The molecule has 1 aromatic rings. The van der Waals surface area contributed by atoms with Gasteiger partial charge < -0.3 is 19.2 Å². The fourth-order valence-corrected chi connectivity index (χ4v) is 2.82. The highest BCUT2D eigenvalue weighted by Gasteiger charge is 2.35. The van der Waals surface area contributed by atoms with Crippen LogP contribution in [0.25, 0.3) is 0 Å². The largest absolute Gasteiger partial charge is 0.480 e. The van der Waals surface area contributed by atoms with E-state index in [1.807, 2.05) is 0 Å². The van der Waals surface area contributed by atoms with Gasteiger partial charge in [0.1, 0.15) is 5.76 Å². The highest BCUT2D eigenvalue weighted by atomic mass is 32.2. The zero-order valence-corrected chi connectivity index (χ0v) is 12.8. The lowest BCUT2D eigenvalue weighted by molar-refractivity contribution is -0.147. The topological polar surface area (TPSA) is 126 Å². The lowest BCUT2D eigenvalue weighted by Crippen LogP contribution is -2.52. The van der Waals surface area contributed by atoms with Crippen molar-refractivity contribution in [3.05, 3.63) is 17.4 Å². The molecule has 0 aliphatic carbocycles. The van der Waals surface area contributed by atoms with Crippen LogP contribution in [-0.4, -0.2) is 63.1 Å². The maximum absolute atomic E-state index is 12.5. The molecule has 1 atom stereocenters. The molecule has 1 saturated heterocycles. The minimum Gasteiger partial charge on any atom is -0.480 e. The summed E-state index contributed by atoms with van der Waals surface area (Å²) in [7, 11) is -2.60. The van der Waals surface area contributed by atoms with E-state index in [1.54, 1.807) is 0 Å². The number of nitrogens with one attached hydrogen (secondary N) is 1. The van der Waals surface area contributed by atoms with Gasteiger partial charge in [-0.1, -0.05) is 0 Å². The van der Waals surface area contributed by atoms with Crippen LogP contribution in [0.15, 0.2) is 15.6 Å². The van der Waals surface area contributed by atoms with Crippen molar-refractivity contribution >= 4 is 21.9 Å². The van der Waals surface area contributed by atoms with Gasteiger partial charge in [-0.15, -0.1) is 0 Å². The number of carbonyl (C=O) groups excluding carboxylic acids is 1. The monoisotopic (exact) mass is 332 g/mol. The van der Waals surface area contributed by atoms with Gasteiger partial charge in [-0.25, -0.2) is 17.9 Å². The van der Waals surface area contributed by atoms with E-state index in [9.17, 15) is 18.0 Å². The number of nitrogens with zero attached hydrogens (tertiary/aromatic N) is 1. The molecule has 0 saturated carbocycles. The molecular weight excluding hydrogens is 316 g/mol. The van der Waals surface area contributed by atoms with Crippen molar-refractivity contribution in [1.82, 2.24) is 9.62 Å². The van der Waals surface area contributed by atoms with Crippen LogP contribution in [0.2, 0.25) is 0 Å². The summed E-state index contributed by atoms with van der Waals surface area (Å²) in [4.78, 5) is 24.8. The predicted octanol–water partition coefficient (Wildman–Crippen LogP) is -0.578. The van der Waals surface area contributed by atoms with Gasteiger partial charge in [0.05, 0.1) is 18.8 Å². The second-order valence-electron chi connectivity index (χ2n) is 4.67. The van der Waals surface area contributed by atoms with Crippen molar-refractivity contribution in [3.8, 4) is 0 Å². The molecule has 122 valence electrons. The minimum absolute atomic E-state index is 0.0157. The Morgan fingerprint density at radius 1 is 1.45 bits per heavy atom. The molecule has 9 nitrogen and oxygen atoms in total. The smallest absolute Gasteiger partial charge is 0.328 e. The number of morpholine rings is 1. The van der Waals surface area contributed by atoms with Crippen LogP contribution in [0.3, 0.4) is 0 Å². The Kier molecular flexibility index (Phi) is 4.54. The van der Waals surface area contributed by atoms with E-state index in [2.05, 4.69) is 4.72 Å². The van der Waals surface area contributed by atoms with E-state index >= 15 is 0 Å². The Labute approximate surface area is 126 Å². The average molecular weight is 332 g/mol. The minimum atomic E-state index is -3.82. The van der Waals surface area contributed by atoms with Gasteiger partial charge in [0.2, 0.25) is 5.09 Å². The summed E-state index contributed by atoms with van der Waals surface area (Å²) >= 11 is 0. The Morgan fingerprint density at radius 2 is 2.14 bits per heavy atom. The van der Waals surface area contributed by atoms with Crippen LogP contribution in [-0.2, 0) is 19.6 Å². The summed E-state index contributed by atoms with van der Waals surface area (Å²) in [5, 5.41) is 8.75. The molecule has 1 fully saturated rings. The number of hydrogen-bond acceptors (Lipinski definition) is 6. The number of furan rings is 1. The zero-order valence-electron chi connectivity index (χ0n) is 12.0. The highest BCUT2D eigenvalue weighted by molar-refractivity contribution is 7.89. The number of sulfonamides is 1. The molecule has 10 heteroatoms. The summed E-state index contributed by atoms with van der Waals surface area (Å²) in [6, 6.07) is -0.0161. The number of rotatable bonds is 4. The molecule has 0 spiro atoms. The molecule has 1 unspecified atom stereocenters. The van der Waals surface area contributed by atoms with Gasteiger partial charge in [0.25, 0.3) is 15.9 Å². The molecule has 1 aliphatic heterocycles. The molecule has 1 aromatic heterocycles.